The molecule has 0 saturated carbocycles. The Hall–Kier alpha value is -0.300. The van der Waals surface area contributed by atoms with Crippen molar-refractivity contribution in [2.75, 3.05) is 20.1 Å². The fourth-order valence-electron chi connectivity index (χ4n) is 4.79. The summed E-state index contributed by atoms with van der Waals surface area (Å²) in [5.74, 6) is 0.974. The van der Waals surface area contributed by atoms with E-state index in [1.165, 1.54) is 56.1 Å². The summed E-state index contributed by atoms with van der Waals surface area (Å²) in [5, 5.41) is 0. The van der Waals surface area contributed by atoms with Gasteiger partial charge in [-0.3, -0.25) is 0 Å². The van der Waals surface area contributed by atoms with Gasteiger partial charge in [-0.25, -0.2) is 0 Å². The van der Waals surface area contributed by atoms with Gasteiger partial charge in [0.25, 0.3) is 0 Å². The van der Waals surface area contributed by atoms with Crippen LogP contribution in [0.5, 0.6) is 0 Å². The van der Waals surface area contributed by atoms with Gasteiger partial charge in [-0.05, 0) is 38.2 Å². The number of rotatable bonds is 1. The maximum Gasteiger partial charge on any atom is 0.118 e. The van der Waals surface area contributed by atoms with Crippen LogP contribution in [0.15, 0.2) is 11.1 Å². The number of hydrogen-bond acceptors (Lipinski definition) is 0. The molecule has 1 heteroatoms. The molecular weight excluding hydrogens is 194 g/mol. The van der Waals surface area contributed by atoms with Gasteiger partial charge in [-0.1, -0.05) is 12.5 Å². The first-order valence-corrected chi connectivity index (χ1v) is 7.15. The number of nitrogens with zero attached hydrogens (tertiary/aromatic N) is 1. The van der Waals surface area contributed by atoms with E-state index in [2.05, 4.69) is 20.9 Å². The van der Waals surface area contributed by atoms with Gasteiger partial charge in [0.2, 0.25) is 0 Å². The van der Waals surface area contributed by atoms with Crippen LogP contribution in [0.1, 0.15) is 52.4 Å². The zero-order valence-corrected chi connectivity index (χ0v) is 11.2. The first kappa shape index (κ1) is 10.8. The molecule has 1 fully saturated rings. The van der Waals surface area contributed by atoms with E-state index in [9.17, 15) is 0 Å². The van der Waals surface area contributed by atoms with Crippen molar-refractivity contribution < 1.29 is 4.48 Å². The van der Waals surface area contributed by atoms with Gasteiger partial charge in [-0.2, -0.15) is 0 Å². The van der Waals surface area contributed by atoms with Crippen LogP contribution in [0.2, 0.25) is 0 Å². The molecule has 1 aliphatic carbocycles. The minimum absolute atomic E-state index is 0.519. The molecule has 0 unspecified atom stereocenters. The van der Waals surface area contributed by atoms with Gasteiger partial charge in [0.15, 0.2) is 0 Å². The molecule has 0 radical (unpaired) electrons. The minimum atomic E-state index is 0.519. The number of quaternary nitrogens is 1. The van der Waals surface area contributed by atoms with Crippen LogP contribution in [0, 0.1) is 5.92 Å². The number of fused-ring (bicyclic) bond motifs is 2. The predicted octanol–water partition coefficient (Wildman–Crippen LogP) is 3.51. The molecule has 0 amide bonds. The molecular formula is C15H26N+. The molecule has 1 saturated heterocycles. The molecule has 0 N–H and O–H groups in total. The second-order valence-electron chi connectivity index (χ2n) is 6.74. The Kier molecular flexibility index (Phi) is 2.27. The number of hydrogen-bond donors (Lipinski definition) is 0. The molecule has 3 rings (SSSR count). The lowest BCUT2D eigenvalue weighted by Crippen LogP contribution is -2.59. The van der Waals surface area contributed by atoms with Gasteiger partial charge in [-0.15, -0.1) is 0 Å². The average Bonchev–Trinajstić information content (AvgIpc) is 2.81. The summed E-state index contributed by atoms with van der Waals surface area (Å²) in [6.45, 7) is 7.79. The van der Waals surface area contributed by atoms with Crippen molar-refractivity contribution >= 4 is 0 Å². The van der Waals surface area contributed by atoms with Crippen molar-refractivity contribution in [3.05, 3.63) is 11.1 Å². The third kappa shape index (κ3) is 1.21. The highest BCUT2D eigenvalue weighted by atomic mass is 15.4. The normalized spacial score (nSPS) is 47.1. The molecule has 0 aromatic heterocycles. The first-order valence-electron chi connectivity index (χ1n) is 7.15. The summed E-state index contributed by atoms with van der Waals surface area (Å²) in [7, 11) is 2.53. The largest absolute Gasteiger partial charge is 0.317 e. The Bertz CT molecular complexity index is 343. The van der Waals surface area contributed by atoms with E-state index in [1.54, 1.807) is 0 Å². The maximum absolute atomic E-state index is 2.57. The topological polar surface area (TPSA) is 0 Å². The van der Waals surface area contributed by atoms with Crippen molar-refractivity contribution in [3.63, 3.8) is 0 Å². The molecule has 2 heterocycles. The summed E-state index contributed by atoms with van der Waals surface area (Å²) in [6, 6.07) is 0. The van der Waals surface area contributed by atoms with Crippen LogP contribution < -0.4 is 0 Å². The van der Waals surface area contributed by atoms with Crippen LogP contribution >= 0.6 is 0 Å². The van der Waals surface area contributed by atoms with E-state index in [-0.39, 0.29) is 0 Å². The molecule has 3 aliphatic rings. The second-order valence-corrected chi connectivity index (χ2v) is 6.74. The molecule has 0 aromatic rings. The Labute approximate surface area is 100 Å². The highest BCUT2D eigenvalue weighted by Gasteiger charge is 2.57. The second kappa shape index (κ2) is 3.35. The van der Waals surface area contributed by atoms with E-state index in [4.69, 9.17) is 0 Å². The molecule has 90 valence electrons. The minimum Gasteiger partial charge on any atom is -0.317 e. The van der Waals surface area contributed by atoms with Gasteiger partial charge in [0.05, 0.1) is 20.1 Å². The van der Waals surface area contributed by atoms with Crippen LogP contribution in [0.4, 0.5) is 0 Å². The third-order valence-electron chi connectivity index (χ3n) is 6.01. The first-order chi connectivity index (χ1) is 7.59. The van der Waals surface area contributed by atoms with Gasteiger partial charge >= 0.3 is 0 Å². The van der Waals surface area contributed by atoms with Crippen LogP contribution in [0.3, 0.4) is 0 Å². The summed E-state index contributed by atoms with van der Waals surface area (Å²) in [6.07, 6.45) is 8.51. The third-order valence-corrected chi connectivity index (χ3v) is 6.01. The van der Waals surface area contributed by atoms with Gasteiger partial charge in [0.1, 0.15) is 5.54 Å². The lowest BCUT2D eigenvalue weighted by Gasteiger charge is -2.48. The van der Waals surface area contributed by atoms with Crippen LogP contribution in [-0.2, 0) is 0 Å². The van der Waals surface area contributed by atoms with Gasteiger partial charge in [0, 0.05) is 18.8 Å². The van der Waals surface area contributed by atoms with E-state index in [0.717, 1.165) is 5.92 Å². The molecule has 0 aromatic carbocycles. The fourth-order valence-corrected chi connectivity index (χ4v) is 4.79. The Morgan fingerprint density at radius 2 is 2.12 bits per heavy atom. The molecule has 0 spiro atoms. The van der Waals surface area contributed by atoms with Gasteiger partial charge < -0.3 is 4.48 Å². The fraction of sp³-hybridized carbons (Fsp3) is 0.867. The van der Waals surface area contributed by atoms with E-state index < -0.39 is 0 Å². The summed E-state index contributed by atoms with van der Waals surface area (Å²) in [5.41, 5.74) is 4.26. The zero-order chi connectivity index (χ0) is 11.4. The van der Waals surface area contributed by atoms with E-state index in [0.29, 0.717) is 5.54 Å². The molecule has 3 atom stereocenters. The van der Waals surface area contributed by atoms with Crippen molar-refractivity contribution in [1.82, 2.24) is 0 Å². The molecule has 1 nitrogen and oxygen atoms in total. The van der Waals surface area contributed by atoms with E-state index in [1.807, 2.05) is 11.1 Å². The van der Waals surface area contributed by atoms with Crippen molar-refractivity contribution in [2.24, 2.45) is 5.92 Å². The highest BCUT2D eigenvalue weighted by molar-refractivity contribution is 5.31. The standard InChI is InChI=1S/C15H26N/c1-4-12-10-15(2)14-7-5-6-13(14)8-9-16(15,3)11-12/h12H,4-11H2,1-3H3/q+1/t12-,15+,16-/m1/s1. The van der Waals surface area contributed by atoms with E-state index >= 15 is 0 Å². The Morgan fingerprint density at radius 1 is 1.31 bits per heavy atom. The van der Waals surface area contributed by atoms with Crippen molar-refractivity contribution in [3.8, 4) is 0 Å². The average molecular weight is 220 g/mol. The monoisotopic (exact) mass is 220 g/mol. The van der Waals surface area contributed by atoms with Crippen LogP contribution in [0.25, 0.3) is 0 Å². The summed E-state index contributed by atoms with van der Waals surface area (Å²) < 4.78 is 1.35. The predicted molar refractivity (Wildman–Crippen MR) is 68.2 cm³/mol. The maximum atomic E-state index is 2.57. The molecule has 2 aliphatic heterocycles. The summed E-state index contributed by atoms with van der Waals surface area (Å²) in [4.78, 5) is 0. The molecule has 0 bridgehead atoms. The Balaban J connectivity index is 2.02. The lowest BCUT2D eigenvalue weighted by molar-refractivity contribution is -0.941. The smallest absolute Gasteiger partial charge is 0.118 e. The van der Waals surface area contributed by atoms with Crippen molar-refractivity contribution in [1.29, 1.82) is 0 Å². The number of likely N-dealkylation sites (N-methyl/N-ethyl adjacent to an activating group) is 1. The lowest BCUT2D eigenvalue weighted by atomic mass is 9.79. The quantitative estimate of drug-likeness (QED) is 0.468. The SMILES string of the molecule is CC[C@@H]1C[C@@]2(C)C3=C(CCC3)CC[N@+]2(C)C1. The zero-order valence-electron chi connectivity index (χ0n) is 11.2. The highest BCUT2D eigenvalue weighted by Crippen LogP contribution is 2.52. The molecule has 16 heavy (non-hydrogen) atoms. The van der Waals surface area contributed by atoms with Crippen molar-refractivity contribution in [2.45, 2.75) is 57.9 Å². The Morgan fingerprint density at radius 3 is 2.88 bits per heavy atom. The van der Waals surface area contributed by atoms with Crippen LogP contribution in [-0.4, -0.2) is 30.2 Å². The summed E-state index contributed by atoms with van der Waals surface area (Å²) >= 11 is 0.